The molecule has 0 heterocycles. The Balaban J connectivity index is 1.68. The van der Waals surface area contributed by atoms with Crippen LogP contribution in [0.2, 0.25) is 5.02 Å². The molecule has 1 aliphatic rings. The first kappa shape index (κ1) is 13.7. The fourth-order valence-corrected chi connectivity index (χ4v) is 2.89. The Morgan fingerprint density at radius 3 is 2.70 bits per heavy atom. The zero-order valence-electron chi connectivity index (χ0n) is 10.6. The number of carbonyl (C=O) groups is 1. The Kier molecular flexibility index (Phi) is 3.81. The molecule has 20 heavy (non-hydrogen) atoms. The van der Waals surface area contributed by atoms with Gasteiger partial charge in [0, 0.05) is 15.4 Å². The zero-order valence-corrected chi connectivity index (χ0v) is 13.0. The Morgan fingerprint density at radius 2 is 1.95 bits per heavy atom. The van der Waals surface area contributed by atoms with Crippen LogP contribution in [0.1, 0.15) is 17.9 Å². The second-order valence-electron chi connectivity index (χ2n) is 4.97. The molecule has 0 radical (unpaired) electrons. The molecule has 1 aliphatic carbocycles. The zero-order chi connectivity index (χ0) is 14.1. The molecule has 2 aromatic rings. The van der Waals surface area contributed by atoms with Crippen LogP contribution < -0.4 is 5.32 Å². The summed E-state index contributed by atoms with van der Waals surface area (Å²) < 4.78 is 0.840. The third-order valence-electron chi connectivity index (χ3n) is 3.54. The van der Waals surface area contributed by atoms with E-state index in [-0.39, 0.29) is 11.8 Å². The number of amides is 1. The van der Waals surface area contributed by atoms with Gasteiger partial charge in [-0.2, -0.15) is 0 Å². The van der Waals surface area contributed by atoms with E-state index in [2.05, 4.69) is 33.4 Å². The van der Waals surface area contributed by atoms with Crippen LogP contribution in [0.4, 0.5) is 5.69 Å². The number of halogens is 2. The van der Waals surface area contributed by atoms with Gasteiger partial charge in [0.2, 0.25) is 5.91 Å². The molecule has 0 spiro atoms. The highest BCUT2D eigenvalue weighted by Crippen LogP contribution is 2.48. The fraction of sp³-hybridized carbons (Fsp3) is 0.188. The number of anilines is 1. The normalized spacial score (nSPS) is 20.5. The number of carbonyl (C=O) groups excluding carboxylic acids is 1. The van der Waals surface area contributed by atoms with Crippen molar-refractivity contribution in [2.75, 3.05) is 5.32 Å². The highest BCUT2D eigenvalue weighted by atomic mass is 79.9. The van der Waals surface area contributed by atoms with Gasteiger partial charge in [-0.25, -0.2) is 0 Å². The van der Waals surface area contributed by atoms with E-state index in [9.17, 15) is 4.79 Å². The summed E-state index contributed by atoms with van der Waals surface area (Å²) >= 11 is 9.36. The van der Waals surface area contributed by atoms with Crippen LogP contribution in [0.3, 0.4) is 0 Å². The molecule has 0 bridgehead atoms. The molecule has 0 aromatic heterocycles. The van der Waals surface area contributed by atoms with E-state index in [0.29, 0.717) is 10.9 Å². The van der Waals surface area contributed by atoms with Gasteiger partial charge in [-0.1, -0.05) is 41.9 Å². The summed E-state index contributed by atoms with van der Waals surface area (Å²) in [5.74, 6) is 0.458. The second kappa shape index (κ2) is 5.58. The van der Waals surface area contributed by atoms with Crippen LogP contribution in [0, 0.1) is 5.92 Å². The van der Waals surface area contributed by atoms with E-state index in [1.54, 1.807) is 12.1 Å². The van der Waals surface area contributed by atoms with Crippen LogP contribution in [0.5, 0.6) is 0 Å². The van der Waals surface area contributed by atoms with Gasteiger partial charge in [0.15, 0.2) is 0 Å². The monoisotopic (exact) mass is 349 g/mol. The molecule has 2 aromatic carbocycles. The Labute approximate surface area is 131 Å². The molecule has 1 N–H and O–H groups in total. The lowest BCUT2D eigenvalue weighted by atomic mass is 10.1. The molecule has 102 valence electrons. The topological polar surface area (TPSA) is 29.1 Å². The van der Waals surface area contributed by atoms with E-state index in [4.69, 9.17) is 11.6 Å². The van der Waals surface area contributed by atoms with Crippen LogP contribution in [0.25, 0.3) is 0 Å². The van der Waals surface area contributed by atoms with E-state index in [0.717, 1.165) is 16.6 Å². The summed E-state index contributed by atoms with van der Waals surface area (Å²) in [6, 6.07) is 15.5. The van der Waals surface area contributed by atoms with Crippen molar-refractivity contribution in [1.29, 1.82) is 0 Å². The molecule has 1 amide bonds. The Hall–Kier alpha value is -1.32. The molecule has 3 rings (SSSR count). The van der Waals surface area contributed by atoms with Crippen molar-refractivity contribution in [1.82, 2.24) is 0 Å². The number of rotatable bonds is 3. The van der Waals surface area contributed by atoms with Gasteiger partial charge < -0.3 is 5.32 Å². The van der Waals surface area contributed by atoms with Crippen molar-refractivity contribution in [3.63, 3.8) is 0 Å². The highest BCUT2D eigenvalue weighted by Gasteiger charge is 2.43. The predicted molar refractivity (Wildman–Crippen MR) is 85.1 cm³/mol. The van der Waals surface area contributed by atoms with E-state index in [1.165, 1.54) is 5.56 Å². The maximum absolute atomic E-state index is 12.2. The van der Waals surface area contributed by atoms with Gasteiger partial charge in [-0.3, -0.25) is 4.79 Å². The molecule has 4 heteroatoms. The third kappa shape index (κ3) is 2.89. The van der Waals surface area contributed by atoms with Crippen LogP contribution in [-0.2, 0) is 4.79 Å². The van der Waals surface area contributed by atoms with Crippen molar-refractivity contribution < 1.29 is 4.79 Å². The summed E-state index contributed by atoms with van der Waals surface area (Å²) in [5.41, 5.74) is 1.96. The minimum absolute atomic E-state index is 0.0572. The van der Waals surface area contributed by atoms with Crippen molar-refractivity contribution in [3.8, 4) is 0 Å². The first-order valence-corrected chi connectivity index (χ1v) is 7.63. The average molecular weight is 351 g/mol. The molecule has 2 atom stereocenters. The van der Waals surface area contributed by atoms with Crippen molar-refractivity contribution >= 4 is 39.1 Å². The van der Waals surface area contributed by atoms with Gasteiger partial charge >= 0.3 is 0 Å². The lowest BCUT2D eigenvalue weighted by Crippen LogP contribution is -2.14. The van der Waals surface area contributed by atoms with Crippen LogP contribution in [-0.4, -0.2) is 5.91 Å². The molecular formula is C16H13BrClNO. The largest absolute Gasteiger partial charge is 0.325 e. The molecule has 2 nitrogen and oxygen atoms in total. The number of hydrogen-bond donors (Lipinski definition) is 1. The Morgan fingerprint density at radius 1 is 1.20 bits per heavy atom. The standard InChI is InChI=1S/C16H13BrClNO/c17-14-7-6-11(18)8-15(14)19-16(20)13-9-12(13)10-4-2-1-3-5-10/h1-8,12-13H,9H2,(H,19,20). The van der Waals surface area contributed by atoms with Gasteiger partial charge in [-0.15, -0.1) is 0 Å². The fourth-order valence-electron chi connectivity index (χ4n) is 2.37. The van der Waals surface area contributed by atoms with Crippen molar-refractivity contribution in [2.45, 2.75) is 12.3 Å². The summed E-state index contributed by atoms with van der Waals surface area (Å²) in [6.07, 6.45) is 0.911. The van der Waals surface area contributed by atoms with E-state index >= 15 is 0 Å². The maximum atomic E-state index is 12.2. The molecule has 0 saturated heterocycles. The molecular weight excluding hydrogens is 338 g/mol. The SMILES string of the molecule is O=C(Nc1cc(Cl)ccc1Br)C1CC1c1ccccc1. The third-order valence-corrected chi connectivity index (χ3v) is 4.47. The summed E-state index contributed by atoms with van der Waals surface area (Å²) in [6.45, 7) is 0. The quantitative estimate of drug-likeness (QED) is 0.843. The lowest BCUT2D eigenvalue weighted by Gasteiger charge is -2.07. The first-order chi connectivity index (χ1) is 9.65. The predicted octanol–water partition coefficient (Wildman–Crippen LogP) is 4.84. The van der Waals surface area contributed by atoms with Crippen molar-refractivity contribution in [2.24, 2.45) is 5.92 Å². The average Bonchev–Trinajstić information content (AvgIpc) is 3.24. The lowest BCUT2D eigenvalue weighted by molar-refractivity contribution is -0.117. The summed E-state index contributed by atoms with van der Waals surface area (Å²) in [4.78, 5) is 12.2. The first-order valence-electron chi connectivity index (χ1n) is 6.46. The highest BCUT2D eigenvalue weighted by molar-refractivity contribution is 9.10. The summed E-state index contributed by atoms with van der Waals surface area (Å²) in [5, 5.41) is 3.55. The maximum Gasteiger partial charge on any atom is 0.228 e. The van der Waals surface area contributed by atoms with Crippen LogP contribution in [0.15, 0.2) is 53.0 Å². The number of nitrogens with one attached hydrogen (secondary N) is 1. The Bertz CT molecular complexity index is 644. The smallest absolute Gasteiger partial charge is 0.228 e. The molecule has 1 fully saturated rings. The minimum atomic E-state index is 0.0572. The minimum Gasteiger partial charge on any atom is -0.325 e. The molecule has 0 aliphatic heterocycles. The van der Waals surface area contributed by atoms with Crippen LogP contribution >= 0.6 is 27.5 Å². The van der Waals surface area contributed by atoms with Gasteiger partial charge in [0.05, 0.1) is 5.69 Å². The van der Waals surface area contributed by atoms with E-state index < -0.39 is 0 Å². The van der Waals surface area contributed by atoms with E-state index in [1.807, 2.05) is 24.3 Å². The van der Waals surface area contributed by atoms with Crippen molar-refractivity contribution in [3.05, 3.63) is 63.6 Å². The second-order valence-corrected chi connectivity index (χ2v) is 6.26. The number of benzene rings is 2. The van der Waals surface area contributed by atoms with Gasteiger partial charge in [-0.05, 0) is 52.0 Å². The van der Waals surface area contributed by atoms with Gasteiger partial charge in [0.1, 0.15) is 0 Å². The van der Waals surface area contributed by atoms with Gasteiger partial charge in [0.25, 0.3) is 0 Å². The molecule has 1 saturated carbocycles. The molecule has 2 unspecified atom stereocenters. The number of hydrogen-bond acceptors (Lipinski definition) is 1. The summed E-state index contributed by atoms with van der Waals surface area (Å²) in [7, 11) is 0.